The lowest BCUT2D eigenvalue weighted by Crippen LogP contribution is -2.31. The molecule has 1 heterocycles. The molecule has 4 nitrogen and oxygen atoms in total. The fraction of sp³-hybridized carbons (Fsp3) is 0.500. The Labute approximate surface area is 96.1 Å². The highest BCUT2D eigenvalue weighted by Gasteiger charge is 2.14. The van der Waals surface area contributed by atoms with Crippen LogP contribution in [0.25, 0.3) is 0 Å². The van der Waals surface area contributed by atoms with Gasteiger partial charge in [-0.05, 0) is 26.3 Å². The second-order valence-corrected chi connectivity index (χ2v) is 4.15. The van der Waals surface area contributed by atoms with Gasteiger partial charge in [-0.25, -0.2) is 0 Å². The lowest BCUT2D eigenvalue weighted by atomic mass is 10.1. The smallest absolute Gasteiger partial charge is 0.155 e. The monoisotopic (exact) mass is 221 g/mol. The summed E-state index contributed by atoms with van der Waals surface area (Å²) in [5.41, 5.74) is 6.46. The van der Waals surface area contributed by atoms with Gasteiger partial charge in [0.2, 0.25) is 0 Å². The third-order valence-electron chi connectivity index (χ3n) is 2.38. The SMILES string of the molecule is C=CCC(N)C(=O)Cc1ccn(C(C)C)n1. The molecule has 4 heteroatoms. The summed E-state index contributed by atoms with van der Waals surface area (Å²) in [6.45, 7) is 7.65. The molecule has 0 spiro atoms. The van der Waals surface area contributed by atoms with Gasteiger partial charge in [-0.1, -0.05) is 6.08 Å². The Morgan fingerprint density at radius 1 is 1.69 bits per heavy atom. The van der Waals surface area contributed by atoms with E-state index in [2.05, 4.69) is 11.7 Å². The zero-order valence-corrected chi connectivity index (χ0v) is 9.89. The van der Waals surface area contributed by atoms with E-state index in [1.54, 1.807) is 6.08 Å². The van der Waals surface area contributed by atoms with E-state index in [0.717, 1.165) is 5.69 Å². The highest BCUT2D eigenvalue weighted by atomic mass is 16.1. The maximum Gasteiger partial charge on any atom is 0.155 e. The number of nitrogens with two attached hydrogens (primary N) is 1. The maximum atomic E-state index is 11.7. The predicted octanol–water partition coefficient (Wildman–Crippen LogP) is 1.48. The average Bonchev–Trinajstić information content (AvgIpc) is 2.66. The van der Waals surface area contributed by atoms with Crippen LogP contribution in [0.1, 0.15) is 32.0 Å². The molecule has 0 radical (unpaired) electrons. The average molecular weight is 221 g/mol. The highest BCUT2D eigenvalue weighted by molar-refractivity contribution is 5.85. The first-order valence-corrected chi connectivity index (χ1v) is 5.47. The predicted molar refractivity (Wildman–Crippen MR) is 64.1 cm³/mol. The van der Waals surface area contributed by atoms with E-state index >= 15 is 0 Å². The zero-order chi connectivity index (χ0) is 12.1. The minimum atomic E-state index is -0.457. The Morgan fingerprint density at radius 3 is 2.88 bits per heavy atom. The van der Waals surface area contributed by atoms with Crippen molar-refractivity contribution in [3.63, 3.8) is 0 Å². The second-order valence-electron chi connectivity index (χ2n) is 4.15. The molecule has 16 heavy (non-hydrogen) atoms. The van der Waals surface area contributed by atoms with Crippen LogP contribution in [0.5, 0.6) is 0 Å². The topological polar surface area (TPSA) is 60.9 Å². The molecule has 0 aliphatic rings. The van der Waals surface area contributed by atoms with Crippen LogP contribution in [0.15, 0.2) is 24.9 Å². The number of aromatic nitrogens is 2. The molecular weight excluding hydrogens is 202 g/mol. The van der Waals surface area contributed by atoms with Crippen LogP contribution in [-0.2, 0) is 11.2 Å². The van der Waals surface area contributed by atoms with Crippen LogP contribution in [0.4, 0.5) is 0 Å². The highest BCUT2D eigenvalue weighted by Crippen LogP contribution is 2.06. The molecule has 0 bridgehead atoms. The number of hydrogen-bond acceptors (Lipinski definition) is 3. The van der Waals surface area contributed by atoms with E-state index in [-0.39, 0.29) is 5.78 Å². The standard InChI is InChI=1S/C12H19N3O/c1-4-5-11(13)12(16)8-10-6-7-15(14-10)9(2)3/h4,6-7,9,11H,1,5,8,13H2,2-3H3. The molecule has 1 rings (SSSR count). The molecule has 2 N–H and O–H groups in total. The first-order chi connectivity index (χ1) is 7.54. The van der Waals surface area contributed by atoms with Crippen molar-refractivity contribution in [2.75, 3.05) is 0 Å². The summed E-state index contributed by atoms with van der Waals surface area (Å²) < 4.78 is 1.83. The number of carbonyl (C=O) groups excluding carboxylic acids is 1. The molecule has 1 aromatic heterocycles. The summed E-state index contributed by atoms with van der Waals surface area (Å²) in [5.74, 6) is 0.00825. The number of ketones is 1. The molecule has 0 saturated carbocycles. The van der Waals surface area contributed by atoms with Gasteiger partial charge in [0.05, 0.1) is 18.2 Å². The lowest BCUT2D eigenvalue weighted by Gasteiger charge is -2.06. The molecule has 1 unspecified atom stereocenters. The van der Waals surface area contributed by atoms with Crippen LogP contribution in [0, 0.1) is 0 Å². The third kappa shape index (κ3) is 3.31. The van der Waals surface area contributed by atoms with Crippen LogP contribution >= 0.6 is 0 Å². The molecule has 0 amide bonds. The number of nitrogens with zero attached hydrogens (tertiary/aromatic N) is 2. The molecule has 0 aliphatic heterocycles. The second kappa shape index (κ2) is 5.61. The fourth-order valence-electron chi connectivity index (χ4n) is 1.38. The Kier molecular flexibility index (Phi) is 4.43. The number of carbonyl (C=O) groups is 1. The quantitative estimate of drug-likeness (QED) is 0.740. The normalized spacial score (nSPS) is 12.8. The molecule has 1 aromatic rings. The summed E-state index contributed by atoms with van der Waals surface area (Å²) >= 11 is 0. The van der Waals surface area contributed by atoms with Crippen molar-refractivity contribution in [3.8, 4) is 0 Å². The minimum absolute atomic E-state index is 0.00825. The molecule has 1 atom stereocenters. The third-order valence-corrected chi connectivity index (χ3v) is 2.38. The lowest BCUT2D eigenvalue weighted by molar-refractivity contribution is -0.119. The van der Waals surface area contributed by atoms with Crippen molar-refractivity contribution < 1.29 is 4.79 Å². The van der Waals surface area contributed by atoms with E-state index in [4.69, 9.17) is 5.73 Å². The Morgan fingerprint density at radius 2 is 2.38 bits per heavy atom. The van der Waals surface area contributed by atoms with Crippen molar-refractivity contribution in [2.45, 2.75) is 38.8 Å². The van der Waals surface area contributed by atoms with Gasteiger partial charge < -0.3 is 5.73 Å². The zero-order valence-electron chi connectivity index (χ0n) is 9.89. The van der Waals surface area contributed by atoms with Gasteiger partial charge in [-0.3, -0.25) is 9.48 Å². The van der Waals surface area contributed by atoms with Crippen molar-refractivity contribution in [2.24, 2.45) is 5.73 Å². The van der Waals surface area contributed by atoms with Crippen LogP contribution in [0.2, 0.25) is 0 Å². The van der Waals surface area contributed by atoms with Crippen molar-refractivity contribution >= 4 is 5.78 Å². The van der Waals surface area contributed by atoms with Crippen molar-refractivity contribution in [3.05, 3.63) is 30.6 Å². The molecule has 0 aromatic carbocycles. The van der Waals surface area contributed by atoms with E-state index in [9.17, 15) is 4.79 Å². The first-order valence-electron chi connectivity index (χ1n) is 5.47. The van der Waals surface area contributed by atoms with Crippen molar-refractivity contribution in [1.82, 2.24) is 9.78 Å². The van der Waals surface area contributed by atoms with E-state index in [0.29, 0.717) is 18.9 Å². The van der Waals surface area contributed by atoms with Crippen LogP contribution < -0.4 is 5.73 Å². The Balaban J connectivity index is 2.59. The van der Waals surface area contributed by atoms with E-state index < -0.39 is 6.04 Å². The van der Waals surface area contributed by atoms with Gasteiger partial charge in [0.15, 0.2) is 5.78 Å². The molecule has 0 aliphatic carbocycles. The van der Waals surface area contributed by atoms with E-state index in [1.807, 2.05) is 30.8 Å². The van der Waals surface area contributed by atoms with Gasteiger partial charge in [0, 0.05) is 12.2 Å². The summed E-state index contributed by atoms with van der Waals surface area (Å²) in [4.78, 5) is 11.7. The van der Waals surface area contributed by atoms with Gasteiger partial charge >= 0.3 is 0 Å². The maximum absolute atomic E-state index is 11.7. The van der Waals surface area contributed by atoms with Crippen molar-refractivity contribution in [1.29, 1.82) is 0 Å². The number of Topliss-reactive ketones (excluding diaryl/α,β-unsaturated/α-hetero) is 1. The molecule has 88 valence electrons. The fourth-order valence-corrected chi connectivity index (χ4v) is 1.38. The summed E-state index contributed by atoms with van der Waals surface area (Å²) in [5, 5.41) is 4.31. The van der Waals surface area contributed by atoms with Crippen LogP contribution in [0.3, 0.4) is 0 Å². The summed E-state index contributed by atoms with van der Waals surface area (Å²) in [6.07, 6.45) is 4.36. The Bertz CT molecular complexity index is 368. The molecule has 0 saturated heterocycles. The minimum Gasteiger partial charge on any atom is -0.321 e. The summed E-state index contributed by atoms with van der Waals surface area (Å²) in [6, 6.07) is 1.71. The van der Waals surface area contributed by atoms with Gasteiger partial charge in [0.1, 0.15) is 0 Å². The number of rotatable bonds is 6. The van der Waals surface area contributed by atoms with Gasteiger partial charge in [-0.2, -0.15) is 5.10 Å². The molecule has 0 fully saturated rings. The molecular formula is C12H19N3O. The van der Waals surface area contributed by atoms with Gasteiger partial charge in [0.25, 0.3) is 0 Å². The largest absolute Gasteiger partial charge is 0.321 e. The Hall–Kier alpha value is -1.42. The number of hydrogen-bond donors (Lipinski definition) is 1. The van der Waals surface area contributed by atoms with Crippen LogP contribution in [-0.4, -0.2) is 21.6 Å². The van der Waals surface area contributed by atoms with Gasteiger partial charge in [-0.15, -0.1) is 6.58 Å². The first kappa shape index (κ1) is 12.6. The van der Waals surface area contributed by atoms with E-state index in [1.165, 1.54) is 0 Å². The summed E-state index contributed by atoms with van der Waals surface area (Å²) in [7, 11) is 0.